The van der Waals surface area contributed by atoms with Crippen molar-refractivity contribution in [2.45, 2.75) is 26.7 Å². The zero-order valence-corrected chi connectivity index (χ0v) is 16.1. The lowest BCUT2D eigenvalue weighted by Crippen LogP contribution is -2.28. The third kappa shape index (κ3) is 6.87. The Morgan fingerprint density at radius 1 is 0.926 bits per heavy atom. The molecule has 0 spiro atoms. The number of Topliss-reactive ketones (excluding diaryl/α,β-unsaturated/α-hetero) is 1. The van der Waals surface area contributed by atoms with E-state index in [2.05, 4.69) is 24.1 Å². The fourth-order valence-electron chi connectivity index (χ4n) is 2.73. The lowest BCUT2D eigenvalue weighted by Gasteiger charge is -2.19. The van der Waals surface area contributed by atoms with Gasteiger partial charge in [0.05, 0.1) is 5.69 Å². The molecule has 144 valence electrons. The van der Waals surface area contributed by atoms with Gasteiger partial charge in [-0.15, -0.1) is 0 Å². The molecule has 2 rings (SSSR count). The Balaban J connectivity index is 1.85. The zero-order chi connectivity index (χ0) is 19.5. The molecule has 0 fully saturated rings. The van der Waals surface area contributed by atoms with Gasteiger partial charge < -0.3 is 15.0 Å². The highest BCUT2D eigenvalue weighted by molar-refractivity contribution is 6.00. The van der Waals surface area contributed by atoms with E-state index in [1.165, 1.54) is 0 Å². The Hall–Kier alpha value is -2.66. The van der Waals surface area contributed by atoms with Gasteiger partial charge in [0, 0.05) is 24.9 Å². The number of amides is 1. The molecule has 0 bridgehead atoms. The first kappa shape index (κ1) is 20.6. The second kappa shape index (κ2) is 11.1. The van der Waals surface area contributed by atoms with E-state index in [9.17, 15) is 9.59 Å². The molecular formula is C22H28N2O3. The average molecular weight is 368 g/mol. The van der Waals surface area contributed by atoms with E-state index in [-0.39, 0.29) is 24.5 Å². The smallest absolute Gasteiger partial charge is 0.224 e. The third-order valence-electron chi connectivity index (χ3n) is 4.40. The number of carbonyl (C=O) groups is 2. The van der Waals surface area contributed by atoms with Crippen LogP contribution in [0.4, 0.5) is 5.69 Å². The minimum atomic E-state index is -0.195. The number of para-hydroxylation sites is 2. The minimum Gasteiger partial charge on any atom is -0.490 e. The predicted molar refractivity (Wildman–Crippen MR) is 108 cm³/mol. The molecule has 0 heterocycles. The van der Waals surface area contributed by atoms with Crippen molar-refractivity contribution in [1.82, 2.24) is 4.90 Å². The molecule has 0 aromatic heterocycles. The molecule has 0 aliphatic rings. The van der Waals surface area contributed by atoms with Gasteiger partial charge >= 0.3 is 0 Å². The third-order valence-corrected chi connectivity index (χ3v) is 4.40. The molecule has 0 saturated heterocycles. The normalized spacial score (nSPS) is 10.6. The number of hydrogen-bond acceptors (Lipinski definition) is 4. The topological polar surface area (TPSA) is 58.6 Å². The van der Waals surface area contributed by atoms with Gasteiger partial charge in [0.1, 0.15) is 12.4 Å². The largest absolute Gasteiger partial charge is 0.490 e. The molecule has 0 atom stereocenters. The highest BCUT2D eigenvalue weighted by atomic mass is 16.5. The molecule has 1 amide bonds. The average Bonchev–Trinajstić information content (AvgIpc) is 2.71. The monoisotopic (exact) mass is 368 g/mol. The molecule has 2 aromatic rings. The number of likely N-dealkylation sites (N-methyl/N-ethyl adjacent to an activating group) is 1. The molecule has 0 radical (unpaired) electrons. The summed E-state index contributed by atoms with van der Waals surface area (Å²) in [6.07, 6.45) is 0.322. The first-order valence-corrected chi connectivity index (χ1v) is 9.46. The molecule has 5 heteroatoms. The molecule has 27 heavy (non-hydrogen) atoms. The van der Waals surface area contributed by atoms with Crippen LogP contribution in [-0.4, -0.2) is 42.8 Å². The second-order valence-electron chi connectivity index (χ2n) is 6.21. The first-order chi connectivity index (χ1) is 13.1. The summed E-state index contributed by atoms with van der Waals surface area (Å²) < 4.78 is 5.84. The van der Waals surface area contributed by atoms with Crippen LogP contribution in [0.15, 0.2) is 54.6 Å². The molecule has 0 unspecified atom stereocenters. The maximum atomic E-state index is 12.2. The van der Waals surface area contributed by atoms with Crippen molar-refractivity contribution >= 4 is 17.4 Å². The van der Waals surface area contributed by atoms with Crippen LogP contribution in [0.2, 0.25) is 0 Å². The fourth-order valence-corrected chi connectivity index (χ4v) is 2.73. The molecular weight excluding hydrogens is 340 g/mol. The van der Waals surface area contributed by atoms with Crippen LogP contribution in [0.25, 0.3) is 0 Å². The zero-order valence-electron chi connectivity index (χ0n) is 16.1. The van der Waals surface area contributed by atoms with Crippen molar-refractivity contribution in [3.05, 3.63) is 60.2 Å². The van der Waals surface area contributed by atoms with E-state index in [4.69, 9.17) is 4.74 Å². The number of benzene rings is 2. The van der Waals surface area contributed by atoms with Gasteiger partial charge in [-0.1, -0.05) is 56.3 Å². The lowest BCUT2D eigenvalue weighted by atomic mass is 10.1. The number of hydrogen-bond donors (Lipinski definition) is 1. The van der Waals surface area contributed by atoms with E-state index < -0.39 is 0 Å². The number of ketones is 1. The van der Waals surface area contributed by atoms with Crippen molar-refractivity contribution in [2.75, 3.05) is 31.6 Å². The van der Waals surface area contributed by atoms with Crippen molar-refractivity contribution < 1.29 is 14.3 Å². The Kier molecular flexibility index (Phi) is 8.52. The summed E-state index contributed by atoms with van der Waals surface area (Å²) >= 11 is 0. The van der Waals surface area contributed by atoms with E-state index in [0.717, 1.165) is 19.6 Å². The van der Waals surface area contributed by atoms with Crippen LogP contribution in [0.1, 0.15) is 37.0 Å². The Bertz CT molecular complexity index is 727. The highest BCUT2D eigenvalue weighted by Crippen LogP contribution is 2.24. The molecule has 5 nitrogen and oxygen atoms in total. The second-order valence-corrected chi connectivity index (χ2v) is 6.21. The van der Waals surface area contributed by atoms with Crippen LogP contribution in [0.5, 0.6) is 5.75 Å². The first-order valence-electron chi connectivity index (χ1n) is 9.46. The van der Waals surface area contributed by atoms with E-state index in [1.807, 2.05) is 42.5 Å². The molecule has 0 aliphatic carbocycles. The number of anilines is 1. The summed E-state index contributed by atoms with van der Waals surface area (Å²) in [5, 5.41) is 2.85. The van der Waals surface area contributed by atoms with Gasteiger partial charge in [-0.25, -0.2) is 0 Å². The Labute approximate surface area is 161 Å². The van der Waals surface area contributed by atoms with Crippen molar-refractivity contribution in [3.63, 3.8) is 0 Å². The number of nitrogens with one attached hydrogen (secondary N) is 1. The summed E-state index contributed by atoms with van der Waals surface area (Å²) in [6.45, 7) is 7.59. The fraction of sp³-hybridized carbons (Fsp3) is 0.364. The maximum absolute atomic E-state index is 12.2. The van der Waals surface area contributed by atoms with Crippen LogP contribution in [-0.2, 0) is 4.79 Å². The Morgan fingerprint density at radius 3 is 2.30 bits per heavy atom. The number of ether oxygens (including phenoxy) is 1. The van der Waals surface area contributed by atoms with Gasteiger partial charge in [-0.05, 0) is 25.2 Å². The van der Waals surface area contributed by atoms with Gasteiger partial charge in [0.2, 0.25) is 5.91 Å². The van der Waals surface area contributed by atoms with Gasteiger partial charge in [-0.3, -0.25) is 9.59 Å². The highest BCUT2D eigenvalue weighted by Gasteiger charge is 2.11. The van der Waals surface area contributed by atoms with Crippen molar-refractivity contribution in [1.29, 1.82) is 0 Å². The number of rotatable bonds is 11. The van der Waals surface area contributed by atoms with Gasteiger partial charge in [0.25, 0.3) is 0 Å². The molecule has 0 saturated carbocycles. The maximum Gasteiger partial charge on any atom is 0.224 e. The predicted octanol–water partition coefficient (Wildman–Crippen LogP) is 4.01. The number of nitrogens with zero attached hydrogens (tertiary/aromatic N) is 1. The summed E-state index contributed by atoms with van der Waals surface area (Å²) in [5.74, 6) is 0.418. The van der Waals surface area contributed by atoms with Crippen LogP contribution < -0.4 is 10.1 Å². The van der Waals surface area contributed by atoms with Crippen molar-refractivity contribution in [2.24, 2.45) is 0 Å². The summed E-state index contributed by atoms with van der Waals surface area (Å²) in [4.78, 5) is 26.6. The Morgan fingerprint density at radius 2 is 1.59 bits per heavy atom. The summed E-state index contributed by atoms with van der Waals surface area (Å²) in [5.41, 5.74) is 1.26. The SMILES string of the molecule is CCN(CC)CCOc1ccccc1NC(=O)CCC(=O)c1ccccc1. The standard InChI is InChI=1S/C22H28N2O3/c1-3-24(4-2)16-17-27-21-13-9-8-12-19(21)23-22(26)15-14-20(25)18-10-6-5-7-11-18/h5-13H,3-4,14-17H2,1-2H3,(H,23,26). The van der Waals surface area contributed by atoms with Gasteiger partial charge in [0.15, 0.2) is 5.78 Å². The molecule has 1 N–H and O–H groups in total. The van der Waals surface area contributed by atoms with E-state index in [0.29, 0.717) is 23.6 Å². The van der Waals surface area contributed by atoms with Crippen LogP contribution >= 0.6 is 0 Å². The quantitative estimate of drug-likeness (QED) is 0.609. The van der Waals surface area contributed by atoms with E-state index in [1.54, 1.807) is 12.1 Å². The number of carbonyl (C=O) groups excluding carboxylic acids is 2. The van der Waals surface area contributed by atoms with Crippen LogP contribution in [0.3, 0.4) is 0 Å². The molecule has 0 aliphatic heterocycles. The minimum absolute atomic E-state index is 0.0329. The summed E-state index contributed by atoms with van der Waals surface area (Å²) in [6, 6.07) is 16.4. The molecule has 2 aromatic carbocycles. The van der Waals surface area contributed by atoms with E-state index >= 15 is 0 Å². The lowest BCUT2D eigenvalue weighted by molar-refractivity contribution is -0.116. The van der Waals surface area contributed by atoms with Crippen molar-refractivity contribution in [3.8, 4) is 5.75 Å². The van der Waals surface area contributed by atoms with Gasteiger partial charge in [-0.2, -0.15) is 0 Å². The van der Waals surface area contributed by atoms with Crippen LogP contribution in [0, 0.1) is 0 Å². The summed E-state index contributed by atoms with van der Waals surface area (Å²) in [7, 11) is 0.